The topological polar surface area (TPSA) is 81.9 Å². The van der Waals surface area contributed by atoms with Gasteiger partial charge in [-0.15, -0.1) is 0 Å². The summed E-state index contributed by atoms with van der Waals surface area (Å²) in [7, 11) is -1.71. The molecule has 0 aromatic heterocycles. The van der Waals surface area contributed by atoms with Crippen molar-refractivity contribution in [1.29, 1.82) is 0 Å². The third-order valence-corrected chi connectivity index (χ3v) is 3.89. The molecule has 2 N–H and O–H groups in total. The van der Waals surface area contributed by atoms with Crippen LogP contribution in [-0.4, -0.2) is 64.5 Å². The highest BCUT2D eigenvalue weighted by Crippen LogP contribution is 1.99. The van der Waals surface area contributed by atoms with Gasteiger partial charge in [0, 0.05) is 20.1 Å². The second-order valence-corrected chi connectivity index (χ2v) is 6.15. The maximum Gasteiger partial charge on any atom is 0.216 e. The molecule has 17 heavy (non-hydrogen) atoms. The van der Waals surface area contributed by atoms with Crippen LogP contribution in [0.3, 0.4) is 0 Å². The van der Waals surface area contributed by atoms with E-state index in [-0.39, 0.29) is 18.5 Å². The second-order valence-electron chi connectivity index (χ2n) is 3.96. The van der Waals surface area contributed by atoms with Crippen molar-refractivity contribution in [3.63, 3.8) is 0 Å². The van der Waals surface area contributed by atoms with Crippen LogP contribution in [0, 0.1) is 0 Å². The number of likely N-dealkylation sites (N-methyl/N-ethyl adjacent to an activating group) is 1. The molecule has 0 saturated carbocycles. The van der Waals surface area contributed by atoms with Crippen LogP contribution in [0.4, 0.5) is 0 Å². The van der Waals surface area contributed by atoms with Crippen molar-refractivity contribution >= 4 is 10.0 Å². The normalized spacial score (nSPS) is 12.6. The Balaban J connectivity index is 3.86. The lowest BCUT2D eigenvalue weighted by Crippen LogP contribution is -2.34. The first-order chi connectivity index (χ1) is 7.90. The van der Waals surface area contributed by atoms with Crippen molar-refractivity contribution in [3.05, 3.63) is 0 Å². The second kappa shape index (κ2) is 8.82. The average molecular weight is 268 g/mol. The fourth-order valence-corrected chi connectivity index (χ4v) is 2.05. The molecule has 0 bridgehead atoms. The van der Waals surface area contributed by atoms with E-state index in [9.17, 15) is 8.42 Å². The third-order valence-electron chi connectivity index (χ3n) is 2.08. The lowest BCUT2D eigenvalue weighted by molar-refractivity contribution is 0.0735. The van der Waals surface area contributed by atoms with Crippen molar-refractivity contribution in [2.24, 2.45) is 5.73 Å². The van der Waals surface area contributed by atoms with Gasteiger partial charge in [0.25, 0.3) is 0 Å². The third kappa shape index (κ3) is 8.50. The molecule has 0 aliphatic rings. The zero-order valence-corrected chi connectivity index (χ0v) is 11.7. The maximum atomic E-state index is 11.7. The minimum Gasteiger partial charge on any atom is -0.379 e. The molecule has 0 heterocycles. The fraction of sp³-hybridized carbons (Fsp3) is 1.00. The van der Waals surface area contributed by atoms with Gasteiger partial charge in [-0.1, -0.05) is 0 Å². The standard InChI is InChI=1S/C10H24N2O4S/c1-10(2)16-7-5-12(3)17(13,14)9-8-15-6-4-11/h10H,4-9,11H2,1-3H3. The fourth-order valence-electron chi connectivity index (χ4n) is 1.06. The lowest BCUT2D eigenvalue weighted by Gasteiger charge is -2.17. The summed E-state index contributed by atoms with van der Waals surface area (Å²) in [6, 6.07) is 0. The number of hydrogen-bond donors (Lipinski definition) is 1. The van der Waals surface area contributed by atoms with Crippen molar-refractivity contribution in [2.75, 3.05) is 45.7 Å². The summed E-state index contributed by atoms with van der Waals surface area (Å²) in [6.45, 7) is 5.54. The number of rotatable bonds is 10. The molecule has 0 saturated heterocycles. The van der Waals surface area contributed by atoms with Gasteiger partial charge < -0.3 is 15.2 Å². The lowest BCUT2D eigenvalue weighted by atomic mass is 10.5. The van der Waals surface area contributed by atoms with Crippen LogP contribution in [0.25, 0.3) is 0 Å². The van der Waals surface area contributed by atoms with Crippen molar-refractivity contribution < 1.29 is 17.9 Å². The van der Waals surface area contributed by atoms with Gasteiger partial charge in [0.15, 0.2) is 0 Å². The zero-order valence-electron chi connectivity index (χ0n) is 10.9. The smallest absolute Gasteiger partial charge is 0.216 e. The molecule has 0 amide bonds. The molecular formula is C10H24N2O4S. The maximum absolute atomic E-state index is 11.7. The van der Waals surface area contributed by atoms with Crippen LogP contribution in [-0.2, 0) is 19.5 Å². The Morgan fingerprint density at radius 1 is 1.24 bits per heavy atom. The van der Waals surface area contributed by atoms with Crippen LogP contribution in [0.5, 0.6) is 0 Å². The van der Waals surface area contributed by atoms with E-state index in [0.29, 0.717) is 26.3 Å². The Hall–Kier alpha value is -0.210. The molecule has 0 atom stereocenters. The summed E-state index contributed by atoms with van der Waals surface area (Å²) in [5.41, 5.74) is 5.23. The van der Waals surface area contributed by atoms with E-state index < -0.39 is 10.0 Å². The summed E-state index contributed by atoms with van der Waals surface area (Å²) in [5, 5.41) is 0. The van der Waals surface area contributed by atoms with Gasteiger partial charge in [0.1, 0.15) is 0 Å². The van der Waals surface area contributed by atoms with Crippen LogP contribution >= 0.6 is 0 Å². The van der Waals surface area contributed by atoms with E-state index in [2.05, 4.69) is 0 Å². The zero-order chi connectivity index (χ0) is 13.3. The van der Waals surface area contributed by atoms with Crippen molar-refractivity contribution in [2.45, 2.75) is 20.0 Å². The number of nitrogens with zero attached hydrogens (tertiary/aromatic N) is 1. The minimum atomic E-state index is -3.25. The molecule has 0 aliphatic carbocycles. The van der Waals surface area contributed by atoms with E-state index in [1.807, 2.05) is 13.8 Å². The predicted molar refractivity (Wildman–Crippen MR) is 67.4 cm³/mol. The minimum absolute atomic E-state index is 0.0226. The Kier molecular flexibility index (Phi) is 8.71. The molecule has 6 nitrogen and oxygen atoms in total. The quantitative estimate of drug-likeness (QED) is 0.548. The van der Waals surface area contributed by atoms with Crippen molar-refractivity contribution in [3.8, 4) is 0 Å². The molecule has 0 rings (SSSR count). The van der Waals surface area contributed by atoms with Gasteiger partial charge in [-0.2, -0.15) is 0 Å². The first-order valence-corrected chi connectivity index (χ1v) is 7.34. The Morgan fingerprint density at radius 2 is 1.88 bits per heavy atom. The van der Waals surface area contributed by atoms with Gasteiger partial charge >= 0.3 is 0 Å². The molecule has 0 fully saturated rings. The molecule has 0 unspecified atom stereocenters. The highest BCUT2D eigenvalue weighted by atomic mass is 32.2. The van der Waals surface area contributed by atoms with E-state index >= 15 is 0 Å². The Labute approximate surface area is 104 Å². The molecule has 0 aromatic rings. The highest BCUT2D eigenvalue weighted by molar-refractivity contribution is 7.89. The van der Waals surface area contributed by atoms with Crippen LogP contribution in [0.15, 0.2) is 0 Å². The Bertz CT molecular complexity index is 280. The summed E-state index contributed by atoms with van der Waals surface area (Å²) < 4.78 is 35.1. The van der Waals surface area contributed by atoms with E-state index in [1.54, 1.807) is 7.05 Å². The average Bonchev–Trinajstić information content (AvgIpc) is 2.23. The Morgan fingerprint density at radius 3 is 2.41 bits per heavy atom. The van der Waals surface area contributed by atoms with Gasteiger partial charge in [-0.3, -0.25) is 0 Å². The molecule has 7 heteroatoms. The van der Waals surface area contributed by atoms with E-state index in [1.165, 1.54) is 4.31 Å². The van der Waals surface area contributed by atoms with Gasteiger partial charge in [0.2, 0.25) is 10.0 Å². The summed E-state index contributed by atoms with van der Waals surface area (Å²) in [5.74, 6) is -0.0226. The van der Waals surface area contributed by atoms with Crippen LogP contribution in [0.2, 0.25) is 0 Å². The summed E-state index contributed by atoms with van der Waals surface area (Å²) in [6.07, 6.45) is 0.110. The number of hydrogen-bond acceptors (Lipinski definition) is 5. The first kappa shape index (κ1) is 16.8. The van der Waals surface area contributed by atoms with E-state index in [4.69, 9.17) is 15.2 Å². The molecule has 0 aromatic carbocycles. The van der Waals surface area contributed by atoms with Crippen LogP contribution < -0.4 is 5.73 Å². The van der Waals surface area contributed by atoms with Crippen molar-refractivity contribution in [1.82, 2.24) is 4.31 Å². The largest absolute Gasteiger partial charge is 0.379 e. The van der Waals surface area contributed by atoms with Gasteiger partial charge in [0.05, 0.1) is 31.7 Å². The molecule has 0 aliphatic heterocycles. The molecule has 0 radical (unpaired) electrons. The number of ether oxygens (including phenoxy) is 2. The molecule has 104 valence electrons. The number of nitrogens with two attached hydrogens (primary N) is 1. The predicted octanol–water partition coefficient (Wildman–Crippen LogP) is -0.352. The monoisotopic (exact) mass is 268 g/mol. The van der Waals surface area contributed by atoms with E-state index in [0.717, 1.165) is 0 Å². The number of sulfonamides is 1. The van der Waals surface area contributed by atoms with Gasteiger partial charge in [-0.25, -0.2) is 12.7 Å². The first-order valence-electron chi connectivity index (χ1n) is 5.73. The molecule has 0 spiro atoms. The SMILES string of the molecule is CC(C)OCCN(C)S(=O)(=O)CCOCCN. The summed E-state index contributed by atoms with van der Waals surface area (Å²) in [4.78, 5) is 0. The summed E-state index contributed by atoms with van der Waals surface area (Å²) >= 11 is 0. The highest BCUT2D eigenvalue weighted by Gasteiger charge is 2.17. The molecular weight excluding hydrogens is 244 g/mol. The van der Waals surface area contributed by atoms with Gasteiger partial charge in [-0.05, 0) is 13.8 Å². The van der Waals surface area contributed by atoms with Crippen LogP contribution in [0.1, 0.15) is 13.8 Å².